The maximum Gasteiger partial charge on any atom is 0.314 e. The molecule has 1 aromatic heterocycles. The maximum atomic E-state index is 12.0. The summed E-state index contributed by atoms with van der Waals surface area (Å²) in [4.78, 5) is 18.8. The number of hydrogen-bond donors (Lipinski definition) is 2. The van der Waals surface area contributed by atoms with Gasteiger partial charge >= 0.3 is 6.03 Å². The molecule has 0 unspecified atom stereocenters. The van der Waals surface area contributed by atoms with Crippen molar-refractivity contribution in [3.05, 3.63) is 60.2 Å². The van der Waals surface area contributed by atoms with Crippen molar-refractivity contribution in [1.82, 2.24) is 15.6 Å². The number of carbonyl (C=O) groups excluding carboxylic acids is 1. The number of urea groups is 1. The number of nitrogens with one attached hydrogen (secondary N) is 2. The summed E-state index contributed by atoms with van der Waals surface area (Å²) in [6.07, 6.45) is 2.88. The SMILES string of the molecule is O=C(NCCc1ccccc1)NCC1CCN(c2nc3ccccc3o2)CC1. The highest BCUT2D eigenvalue weighted by Gasteiger charge is 2.23. The van der Waals surface area contributed by atoms with Gasteiger partial charge in [0.1, 0.15) is 5.52 Å². The molecule has 2 heterocycles. The fourth-order valence-corrected chi connectivity index (χ4v) is 3.59. The van der Waals surface area contributed by atoms with E-state index in [0.29, 0.717) is 25.0 Å². The predicted octanol–water partition coefficient (Wildman–Crippen LogP) is 3.59. The van der Waals surface area contributed by atoms with Crippen molar-refractivity contribution in [2.75, 3.05) is 31.1 Å². The van der Waals surface area contributed by atoms with Crippen molar-refractivity contribution in [2.24, 2.45) is 5.92 Å². The Morgan fingerprint density at radius 1 is 1.04 bits per heavy atom. The third-order valence-corrected chi connectivity index (χ3v) is 5.26. The second-order valence-electron chi connectivity index (χ2n) is 7.27. The number of fused-ring (bicyclic) bond motifs is 1. The van der Waals surface area contributed by atoms with Crippen LogP contribution in [0.3, 0.4) is 0 Å². The Morgan fingerprint density at radius 3 is 2.57 bits per heavy atom. The fraction of sp³-hybridized carbons (Fsp3) is 0.364. The van der Waals surface area contributed by atoms with Gasteiger partial charge in [-0.05, 0) is 42.9 Å². The zero-order valence-corrected chi connectivity index (χ0v) is 15.9. The highest BCUT2D eigenvalue weighted by molar-refractivity contribution is 5.74. The maximum absolute atomic E-state index is 12.0. The first kappa shape index (κ1) is 18.3. The van der Waals surface area contributed by atoms with E-state index in [9.17, 15) is 4.79 Å². The molecule has 0 atom stereocenters. The van der Waals surface area contributed by atoms with Crippen LogP contribution in [0, 0.1) is 5.92 Å². The standard InChI is InChI=1S/C22H26N4O2/c27-21(23-13-10-17-6-2-1-3-7-17)24-16-18-11-14-26(15-12-18)22-25-19-8-4-5-9-20(19)28-22/h1-9,18H,10-16H2,(H2,23,24,27). The molecule has 2 amide bonds. The summed E-state index contributed by atoms with van der Waals surface area (Å²) in [6.45, 7) is 3.15. The Morgan fingerprint density at radius 2 is 1.79 bits per heavy atom. The van der Waals surface area contributed by atoms with E-state index >= 15 is 0 Å². The highest BCUT2D eigenvalue weighted by atomic mass is 16.4. The molecule has 1 saturated heterocycles. The van der Waals surface area contributed by atoms with Gasteiger partial charge in [0.05, 0.1) is 0 Å². The molecular weight excluding hydrogens is 352 g/mol. The van der Waals surface area contributed by atoms with Gasteiger partial charge in [-0.1, -0.05) is 42.5 Å². The molecule has 3 aromatic rings. The fourth-order valence-electron chi connectivity index (χ4n) is 3.59. The van der Waals surface area contributed by atoms with Crippen LogP contribution in [-0.2, 0) is 6.42 Å². The van der Waals surface area contributed by atoms with E-state index in [-0.39, 0.29) is 6.03 Å². The van der Waals surface area contributed by atoms with Gasteiger partial charge in [0.2, 0.25) is 0 Å². The lowest BCUT2D eigenvalue weighted by atomic mass is 9.97. The van der Waals surface area contributed by atoms with Crippen molar-refractivity contribution in [3.8, 4) is 0 Å². The number of hydrogen-bond acceptors (Lipinski definition) is 4. The zero-order chi connectivity index (χ0) is 19.2. The van der Waals surface area contributed by atoms with E-state index in [4.69, 9.17) is 4.42 Å². The topological polar surface area (TPSA) is 70.4 Å². The van der Waals surface area contributed by atoms with Gasteiger partial charge in [0.25, 0.3) is 6.01 Å². The van der Waals surface area contributed by atoms with Crippen molar-refractivity contribution in [1.29, 1.82) is 0 Å². The number of oxazole rings is 1. The normalized spacial score (nSPS) is 14.9. The smallest absolute Gasteiger partial charge is 0.314 e. The zero-order valence-electron chi connectivity index (χ0n) is 15.9. The molecule has 2 aromatic carbocycles. The summed E-state index contributed by atoms with van der Waals surface area (Å²) in [5.74, 6) is 0.487. The molecule has 0 spiro atoms. The van der Waals surface area contributed by atoms with Crippen molar-refractivity contribution in [3.63, 3.8) is 0 Å². The predicted molar refractivity (Wildman–Crippen MR) is 110 cm³/mol. The number of carbonyl (C=O) groups is 1. The lowest BCUT2D eigenvalue weighted by Gasteiger charge is -2.30. The van der Waals surface area contributed by atoms with E-state index in [1.54, 1.807) is 0 Å². The Bertz CT molecular complexity index is 868. The molecular formula is C22H26N4O2. The minimum atomic E-state index is -0.0858. The molecule has 4 rings (SSSR count). The molecule has 146 valence electrons. The molecule has 6 heteroatoms. The van der Waals surface area contributed by atoms with E-state index in [1.165, 1.54) is 5.56 Å². The van der Waals surface area contributed by atoms with E-state index < -0.39 is 0 Å². The Labute approximate surface area is 164 Å². The summed E-state index contributed by atoms with van der Waals surface area (Å²) in [7, 11) is 0. The summed E-state index contributed by atoms with van der Waals surface area (Å²) in [5, 5.41) is 5.94. The summed E-state index contributed by atoms with van der Waals surface area (Å²) >= 11 is 0. The van der Waals surface area contributed by atoms with Gasteiger partial charge in [-0.25, -0.2) is 4.79 Å². The van der Waals surface area contributed by atoms with Crippen molar-refractivity contribution in [2.45, 2.75) is 19.3 Å². The van der Waals surface area contributed by atoms with Crippen LogP contribution < -0.4 is 15.5 Å². The number of benzene rings is 2. The first-order chi connectivity index (χ1) is 13.8. The second-order valence-corrected chi connectivity index (χ2v) is 7.27. The second kappa shape index (κ2) is 8.78. The minimum Gasteiger partial charge on any atom is -0.423 e. The van der Waals surface area contributed by atoms with Gasteiger partial charge in [-0.15, -0.1) is 0 Å². The van der Waals surface area contributed by atoms with Crippen molar-refractivity contribution < 1.29 is 9.21 Å². The summed E-state index contributed by atoms with van der Waals surface area (Å²) in [6, 6.07) is 18.6. The quantitative estimate of drug-likeness (QED) is 0.688. The van der Waals surface area contributed by atoms with Crippen LogP contribution in [0.5, 0.6) is 0 Å². The van der Waals surface area contributed by atoms with Gasteiger partial charge in [-0.2, -0.15) is 4.98 Å². The summed E-state index contributed by atoms with van der Waals surface area (Å²) in [5.41, 5.74) is 2.95. The first-order valence-corrected chi connectivity index (χ1v) is 9.94. The molecule has 1 fully saturated rings. The molecule has 0 bridgehead atoms. The van der Waals surface area contributed by atoms with Crippen LogP contribution >= 0.6 is 0 Å². The molecule has 1 aliphatic heterocycles. The highest BCUT2D eigenvalue weighted by Crippen LogP contribution is 2.26. The molecule has 2 N–H and O–H groups in total. The monoisotopic (exact) mass is 378 g/mol. The largest absolute Gasteiger partial charge is 0.423 e. The lowest BCUT2D eigenvalue weighted by Crippen LogP contribution is -2.42. The average molecular weight is 378 g/mol. The molecule has 1 aliphatic rings. The van der Waals surface area contributed by atoms with Gasteiger partial charge in [0, 0.05) is 26.2 Å². The number of nitrogens with zero attached hydrogens (tertiary/aromatic N) is 2. The minimum absolute atomic E-state index is 0.0858. The summed E-state index contributed by atoms with van der Waals surface area (Å²) < 4.78 is 5.86. The molecule has 0 radical (unpaired) electrons. The van der Waals surface area contributed by atoms with E-state index in [2.05, 4.69) is 32.7 Å². The Hall–Kier alpha value is -3.02. The first-order valence-electron chi connectivity index (χ1n) is 9.94. The Kier molecular flexibility index (Phi) is 5.75. The third-order valence-electron chi connectivity index (χ3n) is 5.26. The number of aromatic nitrogens is 1. The molecule has 28 heavy (non-hydrogen) atoms. The molecule has 0 saturated carbocycles. The van der Waals surface area contributed by atoms with Crippen LogP contribution in [-0.4, -0.2) is 37.2 Å². The van der Waals surface area contributed by atoms with Crippen LogP contribution in [0.4, 0.5) is 10.8 Å². The molecule has 6 nitrogen and oxygen atoms in total. The Balaban J connectivity index is 1.16. The third kappa shape index (κ3) is 4.63. The number of piperidine rings is 1. The number of rotatable bonds is 6. The van der Waals surface area contributed by atoms with Gasteiger partial charge in [-0.3, -0.25) is 0 Å². The number of amides is 2. The van der Waals surface area contributed by atoms with Gasteiger partial charge in [0.15, 0.2) is 5.58 Å². The van der Waals surface area contributed by atoms with Crippen LogP contribution in [0.1, 0.15) is 18.4 Å². The van der Waals surface area contributed by atoms with E-state index in [1.807, 2.05) is 42.5 Å². The van der Waals surface area contributed by atoms with Crippen molar-refractivity contribution >= 4 is 23.1 Å². The number of para-hydroxylation sites is 2. The lowest BCUT2D eigenvalue weighted by molar-refractivity contribution is 0.237. The van der Waals surface area contributed by atoms with Crippen LogP contribution in [0.2, 0.25) is 0 Å². The van der Waals surface area contributed by atoms with Gasteiger partial charge < -0.3 is 20.0 Å². The average Bonchev–Trinajstić information content (AvgIpc) is 3.18. The van der Waals surface area contributed by atoms with Crippen LogP contribution in [0.25, 0.3) is 11.1 Å². The number of anilines is 1. The van der Waals surface area contributed by atoms with E-state index in [0.717, 1.165) is 43.5 Å². The molecule has 0 aliphatic carbocycles. The van der Waals surface area contributed by atoms with Crippen LogP contribution in [0.15, 0.2) is 59.0 Å².